The summed E-state index contributed by atoms with van der Waals surface area (Å²) >= 11 is 0. The first-order valence-electron chi connectivity index (χ1n) is 12.8. The zero-order valence-electron chi connectivity index (χ0n) is 22.7. The van der Waals surface area contributed by atoms with E-state index in [1.807, 2.05) is 0 Å². The minimum atomic E-state index is -4.68. The molecule has 1 fully saturated rings. The summed E-state index contributed by atoms with van der Waals surface area (Å²) in [5.41, 5.74) is -1.29. The second-order valence-corrected chi connectivity index (χ2v) is 10.7. The zero-order valence-corrected chi connectivity index (χ0v) is 22.7. The Kier molecular flexibility index (Phi) is 7.51. The minimum absolute atomic E-state index is 0.0240. The molecular formula is C26H26F5N7O4. The van der Waals surface area contributed by atoms with E-state index in [1.54, 1.807) is 20.8 Å². The number of alkyl halides is 3. The summed E-state index contributed by atoms with van der Waals surface area (Å²) < 4.78 is 81.2. The average molecular weight is 596 g/mol. The van der Waals surface area contributed by atoms with Crippen molar-refractivity contribution in [3.63, 3.8) is 0 Å². The van der Waals surface area contributed by atoms with Gasteiger partial charge >= 0.3 is 12.3 Å². The van der Waals surface area contributed by atoms with Gasteiger partial charge in [-0.1, -0.05) is 0 Å². The fraction of sp³-hybridized carbons (Fsp3) is 0.423. The van der Waals surface area contributed by atoms with Crippen LogP contribution in [0.15, 0.2) is 30.7 Å². The van der Waals surface area contributed by atoms with Crippen LogP contribution in [-0.4, -0.2) is 85.2 Å². The van der Waals surface area contributed by atoms with Gasteiger partial charge in [-0.15, -0.1) is 0 Å². The van der Waals surface area contributed by atoms with Crippen molar-refractivity contribution in [2.45, 2.75) is 45.1 Å². The quantitative estimate of drug-likeness (QED) is 0.355. The second kappa shape index (κ2) is 10.8. The summed E-state index contributed by atoms with van der Waals surface area (Å²) in [5.74, 6) is -2.50. The van der Waals surface area contributed by atoms with Gasteiger partial charge in [-0.2, -0.15) is 18.3 Å². The minimum Gasteiger partial charge on any atom is -0.444 e. The number of nitrogens with zero attached hydrogens (tertiary/aromatic N) is 6. The summed E-state index contributed by atoms with van der Waals surface area (Å²) in [4.78, 5) is 35.2. The SMILES string of the molecule is CC(C)(C)OC(=O)NC1COCCN(C(=O)c2cc3c(cn2)c(-c2cnc4c(F)cc(F)cn24)nn3CC(F)(F)F)C1. The van der Waals surface area contributed by atoms with E-state index < -0.39 is 48.0 Å². The molecule has 1 atom stereocenters. The van der Waals surface area contributed by atoms with Crippen LogP contribution < -0.4 is 5.32 Å². The van der Waals surface area contributed by atoms with Gasteiger partial charge in [0.1, 0.15) is 29.4 Å². The highest BCUT2D eigenvalue weighted by atomic mass is 19.4. The number of nitrogens with one attached hydrogen (secondary N) is 1. The number of fused-ring (bicyclic) bond motifs is 2. The highest BCUT2D eigenvalue weighted by Gasteiger charge is 2.32. The van der Waals surface area contributed by atoms with E-state index in [-0.39, 0.29) is 59.9 Å². The molecular weight excluding hydrogens is 569 g/mol. The molecule has 1 aliphatic heterocycles. The Morgan fingerprint density at radius 2 is 1.90 bits per heavy atom. The Morgan fingerprint density at radius 3 is 2.62 bits per heavy atom. The van der Waals surface area contributed by atoms with E-state index >= 15 is 0 Å². The third-order valence-corrected chi connectivity index (χ3v) is 6.23. The summed E-state index contributed by atoms with van der Waals surface area (Å²) in [6.45, 7) is 4.04. The number of amides is 2. The maximum absolute atomic E-state index is 14.2. The number of rotatable bonds is 4. The molecule has 0 aliphatic carbocycles. The summed E-state index contributed by atoms with van der Waals surface area (Å²) in [6, 6.07) is 1.19. The van der Waals surface area contributed by atoms with Crippen LogP contribution >= 0.6 is 0 Å². The molecule has 5 heterocycles. The Bertz CT molecular complexity index is 1660. The standard InChI is InChI=1S/C26H26F5N7O4/c1-25(2,3)42-24(40)34-15-11-36(4-5-41-12-15)23(39)18-7-19-16(8-32-18)21(35-38(19)13-26(29,30)31)20-9-33-22-17(28)6-14(27)10-37(20)22/h6-10,15H,4-5,11-13H2,1-3H3,(H,34,40). The number of alkyl carbamates (subject to hydrolysis) is 1. The normalized spacial score (nSPS) is 16.6. The summed E-state index contributed by atoms with van der Waals surface area (Å²) in [7, 11) is 0. The van der Waals surface area contributed by atoms with Gasteiger partial charge in [0.2, 0.25) is 0 Å². The molecule has 0 spiro atoms. The first-order chi connectivity index (χ1) is 19.7. The lowest BCUT2D eigenvalue weighted by molar-refractivity contribution is -0.141. The number of hydrogen-bond acceptors (Lipinski definition) is 7. The molecule has 0 aromatic carbocycles. The number of ether oxygens (including phenoxy) is 2. The van der Waals surface area contributed by atoms with Crippen LogP contribution in [0.3, 0.4) is 0 Å². The Morgan fingerprint density at radius 1 is 1.14 bits per heavy atom. The second-order valence-electron chi connectivity index (χ2n) is 10.7. The van der Waals surface area contributed by atoms with Gasteiger partial charge in [0.25, 0.3) is 5.91 Å². The van der Waals surface area contributed by atoms with E-state index in [0.29, 0.717) is 10.7 Å². The molecule has 4 aromatic heterocycles. The molecule has 0 bridgehead atoms. The number of pyridine rings is 2. The molecule has 1 N–H and O–H groups in total. The van der Waals surface area contributed by atoms with Crippen LogP contribution in [0, 0.1) is 11.6 Å². The Hall–Kier alpha value is -4.34. The van der Waals surface area contributed by atoms with E-state index in [1.165, 1.54) is 17.2 Å². The van der Waals surface area contributed by atoms with Crippen molar-refractivity contribution in [2.75, 3.05) is 26.3 Å². The largest absolute Gasteiger partial charge is 0.444 e. The lowest BCUT2D eigenvalue weighted by Gasteiger charge is -2.26. The fourth-order valence-electron chi connectivity index (χ4n) is 4.57. The molecule has 42 heavy (non-hydrogen) atoms. The van der Waals surface area contributed by atoms with Crippen molar-refractivity contribution in [1.82, 2.24) is 34.4 Å². The third kappa shape index (κ3) is 6.27. The smallest absolute Gasteiger partial charge is 0.408 e. The van der Waals surface area contributed by atoms with Crippen LogP contribution in [0.4, 0.5) is 26.7 Å². The van der Waals surface area contributed by atoms with Gasteiger partial charge in [0, 0.05) is 36.9 Å². The molecule has 224 valence electrons. The molecule has 11 nitrogen and oxygen atoms in total. The topological polar surface area (TPSA) is 116 Å². The lowest BCUT2D eigenvalue weighted by atomic mass is 10.2. The van der Waals surface area contributed by atoms with Crippen LogP contribution in [-0.2, 0) is 16.0 Å². The molecule has 1 unspecified atom stereocenters. The molecule has 0 saturated carbocycles. The molecule has 2 amide bonds. The molecule has 4 aromatic rings. The first kappa shape index (κ1) is 29.2. The van der Waals surface area contributed by atoms with Gasteiger partial charge in [-0.25, -0.2) is 18.6 Å². The maximum atomic E-state index is 14.2. The number of imidazole rings is 1. The van der Waals surface area contributed by atoms with Crippen LogP contribution in [0.1, 0.15) is 31.3 Å². The zero-order chi connectivity index (χ0) is 30.4. The van der Waals surface area contributed by atoms with Gasteiger partial charge in [-0.3, -0.25) is 18.9 Å². The van der Waals surface area contributed by atoms with Gasteiger partial charge in [-0.05, 0) is 26.8 Å². The molecule has 0 radical (unpaired) electrons. The first-order valence-corrected chi connectivity index (χ1v) is 12.8. The van der Waals surface area contributed by atoms with Crippen LogP contribution in [0.2, 0.25) is 0 Å². The number of carbonyl (C=O) groups excluding carboxylic acids is 2. The van der Waals surface area contributed by atoms with Crippen LogP contribution in [0.5, 0.6) is 0 Å². The Balaban J connectivity index is 1.49. The third-order valence-electron chi connectivity index (χ3n) is 6.23. The number of hydrogen-bond donors (Lipinski definition) is 1. The van der Waals surface area contributed by atoms with Gasteiger partial charge in [0.05, 0.1) is 36.7 Å². The lowest BCUT2D eigenvalue weighted by Crippen LogP contribution is -2.47. The highest BCUT2D eigenvalue weighted by molar-refractivity contribution is 5.99. The highest BCUT2D eigenvalue weighted by Crippen LogP contribution is 2.31. The molecule has 1 saturated heterocycles. The van der Waals surface area contributed by atoms with Crippen molar-refractivity contribution < 1.29 is 41.0 Å². The van der Waals surface area contributed by atoms with Crippen molar-refractivity contribution in [3.05, 3.63) is 48.1 Å². The van der Waals surface area contributed by atoms with E-state index in [9.17, 15) is 31.5 Å². The van der Waals surface area contributed by atoms with Crippen molar-refractivity contribution in [2.24, 2.45) is 0 Å². The Labute approximate surface area is 235 Å². The summed E-state index contributed by atoms with van der Waals surface area (Å²) in [5, 5.41) is 6.83. The van der Waals surface area contributed by atoms with E-state index in [0.717, 1.165) is 16.8 Å². The van der Waals surface area contributed by atoms with Crippen molar-refractivity contribution >= 4 is 28.6 Å². The fourth-order valence-corrected chi connectivity index (χ4v) is 4.57. The van der Waals surface area contributed by atoms with Crippen molar-refractivity contribution in [3.8, 4) is 11.4 Å². The maximum Gasteiger partial charge on any atom is 0.408 e. The van der Waals surface area contributed by atoms with E-state index in [4.69, 9.17) is 9.47 Å². The van der Waals surface area contributed by atoms with E-state index in [2.05, 4.69) is 20.4 Å². The number of halogens is 5. The van der Waals surface area contributed by atoms with Gasteiger partial charge < -0.3 is 19.7 Å². The number of aromatic nitrogens is 5. The predicted molar refractivity (Wildman–Crippen MR) is 138 cm³/mol. The summed E-state index contributed by atoms with van der Waals surface area (Å²) in [6.07, 6.45) is -2.10. The molecule has 1 aliphatic rings. The van der Waals surface area contributed by atoms with Gasteiger partial charge in [0.15, 0.2) is 11.5 Å². The molecule has 16 heteroatoms. The van der Waals surface area contributed by atoms with Crippen LogP contribution in [0.25, 0.3) is 27.9 Å². The number of carbonyl (C=O) groups is 2. The molecule has 5 rings (SSSR count). The van der Waals surface area contributed by atoms with Crippen molar-refractivity contribution in [1.29, 1.82) is 0 Å². The predicted octanol–water partition coefficient (Wildman–Crippen LogP) is 3.95. The monoisotopic (exact) mass is 595 g/mol. The average Bonchev–Trinajstić information content (AvgIpc) is 3.35.